The number of thiophene rings is 1. The van der Waals surface area contributed by atoms with Crippen LogP contribution >= 0.6 is 11.3 Å². The largest absolute Gasteiger partial charge is 0.468 e. The standard InChI is InChI=1S/C22H22N4O3S/c1-24-21(28)17-6-4-16(5-7-17)14-26(15-19-3-2-11-29-19)10-8-20(27)25-22-18(13-23)9-12-30-22/h2-7,9,11-12H,8,10,14-15H2,1H3,(H,24,28)(H,25,27). The zero-order chi connectivity index (χ0) is 21.3. The third kappa shape index (κ3) is 5.80. The summed E-state index contributed by atoms with van der Waals surface area (Å²) in [6.45, 7) is 1.67. The molecule has 2 N–H and O–H groups in total. The molecule has 2 heterocycles. The summed E-state index contributed by atoms with van der Waals surface area (Å²) in [5.74, 6) is 0.534. The second-order valence-corrected chi connectivity index (χ2v) is 7.56. The number of carbonyl (C=O) groups is 2. The Labute approximate surface area is 178 Å². The van der Waals surface area contributed by atoms with Crippen molar-refractivity contribution in [3.05, 3.63) is 76.6 Å². The average Bonchev–Trinajstić information content (AvgIpc) is 3.43. The molecular weight excluding hydrogens is 400 g/mol. The zero-order valence-electron chi connectivity index (χ0n) is 16.6. The Morgan fingerprint density at radius 2 is 1.97 bits per heavy atom. The van der Waals surface area contributed by atoms with E-state index in [1.54, 1.807) is 36.9 Å². The maximum absolute atomic E-state index is 12.4. The molecule has 0 spiro atoms. The smallest absolute Gasteiger partial charge is 0.251 e. The predicted molar refractivity (Wildman–Crippen MR) is 115 cm³/mol. The van der Waals surface area contributed by atoms with E-state index < -0.39 is 0 Å². The highest BCUT2D eigenvalue weighted by molar-refractivity contribution is 7.14. The zero-order valence-corrected chi connectivity index (χ0v) is 17.4. The second-order valence-electron chi connectivity index (χ2n) is 6.64. The minimum atomic E-state index is -0.145. The van der Waals surface area contributed by atoms with Crippen molar-refractivity contribution >= 4 is 28.2 Å². The summed E-state index contributed by atoms with van der Waals surface area (Å²) in [4.78, 5) is 26.2. The Hall–Kier alpha value is -3.41. The molecule has 2 aromatic heterocycles. The fraction of sp³-hybridized carbons (Fsp3) is 0.227. The number of carbonyl (C=O) groups excluding carboxylic acids is 2. The molecule has 8 heteroatoms. The van der Waals surface area contributed by atoms with Gasteiger partial charge in [0.05, 0.1) is 18.4 Å². The van der Waals surface area contributed by atoms with E-state index in [4.69, 9.17) is 9.68 Å². The van der Waals surface area contributed by atoms with E-state index in [0.717, 1.165) is 11.3 Å². The Balaban J connectivity index is 1.63. The van der Waals surface area contributed by atoms with E-state index >= 15 is 0 Å². The number of furan rings is 1. The van der Waals surface area contributed by atoms with Crippen LogP contribution in [0.2, 0.25) is 0 Å². The van der Waals surface area contributed by atoms with Gasteiger partial charge in [0.2, 0.25) is 5.91 Å². The van der Waals surface area contributed by atoms with Gasteiger partial charge in [-0.2, -0.15) is 5.26 Å². The number of hydrogen-bond donors (Lipinski definition) is 2. The van der Waals surface area contributed by atoms with E-state index in [2.05, 4.69) is 21.6 Å². The van der Waals surface area contributed by atoms with Gasteiger partial charge in [0, 0.05) is 32.1 Å². The molecule has 154 valence electrons. The highest BCUT2D eigenvalue weighted by Gasteiger charge is 2.14. The predicted octanol–water partition coefficient (Wildman–Crippen LogP) is 3.60. The summed E-state index contributed by atoms with van der Waals surface area (Å²) >= 11 is 1.33. The monoisotopic (exact) mass is 422 g/mol. The molecule has 3 aromatic rings. The first kappa shape index (κ1) is 21.3. The highest BCUT2D eigenvalue weighted by Crippen LogP contribution is 2.22. The average molecular weight is 423 g/mol. The first-order valence-corrected chi connectivity index (χ1v) is 10.3. The fourth-order valence-electron chi connectivity index (χ4n) is 2.94. The Bertz CT molecular complexity index is 1020. The van der Waals surface area contributed by atoms with Crippen molar-refractivity contribution in [3.8, 4) is 6.07 Å². The van der Waals surface area contributed by atoms with Gasteiger partial charge in [-0.15, -0.1) is 11.3 Å². The molecule has 0 aliphatic carbocycles. The summed E-state index contributed by atoms with van der Waals surface area (Å²) in [6, 6.07) is 14.9. The minimum Gasteiger partial charge on any atom is -0.468 e. The third-order valence-electron chi connectivity index (χ3n) is 4.50. The van der Waals surface area contributed by atoms with Crippen LogP contribution < -0.4 is 10.6 Å². The van der Waals surface area contributed by atoms with Crippen LogP contribution in [0.4, 0.5) is 5.00 Å². The van der Waals surface area contributed by atoms with E-state index in [9.17, 15) is 9.59 Å². The van der Waals surface area contributed by atoms with Crippen molar-refractivity contribution in [2.75, 3.05) is 18.9 Å². The number of rotatable bonds is 9. The van der Waals surface area contributed by atoms with E-state index in [1.165, 1.54) is 11.3 Å². The Kier molecular flexibility index (Phi) is 7.38. The Morgan fingerprint density at radius 3 is 2.63 bits per heavy atom. The Morgan fingerprint density at radius 1 is 1.17 bits per heavy atom. The van der Waals surface area contributed by atoms with Gasteiger partial charge in [-0.25, -0.2) is 0 Å². The van der Waals surface area contributed by atoms with Gasteiger partial charge >= 0.3 is 0 Å². The maximum atomic E-state index is 12.4. The molecule has 0 unspecified atom stereocenters. The third-order valence-corrected chi connectivity index (χ3v) is 5.33. The lowest BCUT2D eigenvalue weighted by molar-refractivity contribution is -0.116. The number of hydrogen-bond acceptors (Lipinski definition) is 6. The van der Waals surface area contributed by atoms with Crippen LogP contribution in [0.3, 0.4) is 0 Å². The lowest BCUT2D eigenvalue weighted by atomic mass is 10.1. The molecule has 2 amide bonds. The van der Waals surface area contributed by atoms with Gasteiger partial charge in [-0.3, -0.25) is 14.5 Å². The van der Waals surface area contributed by atoms with Crippen LogP contribution in [-0.2, 0) is 17.9 Å². The molecule has 0 saturated carbocycles. The van der Waals surface area contributed by atoms with E-state index in [1.807, 2.05) is 24.3 Å². The maximum Gasteiger partial charge on any atom is 0.251 e. The minimum absolute atomic E-state index is 0.129. The summed E-state index contributed by atoms with van der Waals surface area (Å²) < 4.78 is 5.46. The van der Waals surface area contributed by atoms with Crippen molar-refractivity contribution in [3.63, 3.8) is 0 Å². The van der Waals surface area contributed by atoms with Gasteiger partial charge in [-0.05, 0) is 41.3 Å². The topological polar surface area (TPSA) is 98.4 Å². The molecule has 0 aliphatic heterocycles. The van der Waals surface area contributed by atoms with E-state index in [0.29, 0.717) is 35.8 Å². The summed E-state index contributed by atoms with van der Waals surface area (Å²) in [5.41, 5.74) is 2.10. The van der Waals surface area contributed by atoms with Gasteiger partial charge in [-0.1, -0.05) is 12.1 Å². The van der Waals surface area contributed by atoms with Gasteiger partial charge in [0.1, 0.15) is 16.8 Å². The lowest BCUT2D eigenvalue weighted by Gasteiger charge is -2.21. The summed E-state index contributed by atoms with van der Waals surface area (Å²) in [5, 5.41) is 16.8. The van der Waals surface area contributed by atoms with Gasteiger partial charge < -0.3 is 15.1 Å². The van der Waals surface area contributed by atoms with Crippen LogP contribution in [0.25, 0.3) is 0 Å². The highest BCUT2D eigenvalue weighted by atomic mass is 32.1. The molecule has 0 bridgehead atoms. The first-order valence-electron chi connectivity index (χ1n) is 9.42. The number of nitrogens with zero attached hydrogens (tertiary/aromatic N) is 2. The molecule has 0 radical (unpaired) electrons. The number of nitrogens with one attached hydrogen (secondary N) is 2. The van der Waals surface area contributed by atoms with Crippen molar-refractivity contribution in [2.45, 2.75) is 19.5 Å². The van der Waals surface area contributed by atoms with Gasteiger partial charge in [0.25, 0.3) is 5.91 Å². The molecule has 0 fully saturated rings. The number of benzene rings is 1. The summed E-state index contributed by atoms with van der Waals surface area (Å²) in [7, 11) is 1.60. The fourth-order valence-corrected chi connectivity index (χ4v) is 3.70. The van der Waals surface area contributed by atoms with Crippen LogP contribution in [0.5, 0.6) is 0 Å². The van der Waals surface area contributed by atoms with Crippen molar-refractivity contribution in [1.29, 1.82) is 5.26 Å². The van der Waals surface area contributed by atoms with Crippen molar-refractivity contribution < 1.29 is 14.0 Å². The normalized spacial score (nSPS) is 10.6. The van der Waals surface area contributed by atoms with E-state index in [-0.39, 0.29) is 18.2 Å². The molecular formula is C22H22N4O3S. The molecule has 7 nitrogen and oxygen atoms in total. The van der Waals surface area contributed by atoms with Crippen molar-refractivity contribution in [2.24, 2.45) is 0 Å². The van der Waals surface area contributed by atoms with Crippen LogP contribution in [-0.4, -0.2) is 30.3 Å². The number of amides is 2. The molecule has 3 rings (SSSR count). The van der Waals surface area contributed by atoms with Crippen LogP contribution in [0.15, 0.2) is 58.5 Å². The SMILES string of the molecule is CNC(=O)c1ccc(CN(CCC(=O)Nc2sccc2C#N)Cc2ccco2)cc1. The van der Waals surface area contributed by atoms with Crippen molar-refractivity contribution in [1.82, 2.24) is 10.2 Å². The first-order chi connectivity index (χ1) is 14.6. The van der Waals surface area contributed by atoms with Crippen LogP contribution in [0, 0.1) is 11.3 Å². The van der Waals surface area contributed by atoms with Gasteiger partial charge in [0.15, 0.2) is 0 Å². The number of anilines is 1. The lowest BCUT2D eigenvalue weighted by Crippen LogP contribution is -2.27. The summed E-state index contributed by atoms with van der Waals surface area (Å²) in [6.07, 6.45) is 1.90. The second kappa shape index (κ2) is 10.4. The molecule has 0 saturated heterocycles. The molecule has 1 aromatic carbocycles. The number of nitriles is 1. The quantitative estimate of drug-likeness (QED) is 0.549. The molecule has 0 aliphatic rings. The molecule has 30 heavy (non-hydrogen) atoms. The molecule has 0 atom stereocenters. The van der Waals surface area contributed by atoms with Crippen LogP contribution in [0.1, 0.15) is 33.7 Å².